The molecule has 3 N–H and O–H groups in total. The number of halogens is 1. The first-order valence-electron chi connectivity index (χ1n) is 4.90. The monoisotopic (exact) mass is 266 g/mol. The molecule has 78 valence electrons. The summed E-state index contributed by atoms with van der Waals surface area (Å²) in [6.45, 7) is 2.00. The smallest absolute Gasteiger partial charge is 0.134 e. The number of rotatable bonds is 1. The molecule has 0 amide bonds. The highest BCUT2D eigenvalue weighted by molar-refractivity contribution is 9.10. The fourth-order valence-corrected chi connectivity index (χ4v) is 2.50. The number of fused-ring (bicyclic) bond motifs is 1. The van der Waals surface area contributed by atoms with Gasteiger partial charge in [0.1, 0.15) is 15.9 Å². The van der Waals surface area contributed by atoms with E-state index in [0.29, 0.717) is 5.92 Å². The Labute approximate surface area is 95.6 Å². The van der Waals surface area contributed by atoms with Crippen LogP contribution in [-0.4, -0.2) is 22.5 Å². The number of nitrogens with one attached hydrogen (secondary N) is 1. The van der Waals surface area contributed by atoms with Crippen LogP contribution in [0.25, 0.3) is 5.52 Å². The predicted molar refractivity (Wildman–Crippen MR) is 62.9 cm³/mol. The summed E-state index contributed by atoms with van der Waals surface area (Å²) in [6, 6.07) is 3.84. The van der Waals surface area contributed by atoms with Crippen LogP contribution in [0.2, 0.25) is 0 Å². The number of aromatic nitrogens is 2. The third-order valence-corrected chi connectivity index (χ3v) is 3.38. The normalized spacial score (nSPS) is 16.9. The largest absolute Gasteiger partial charge is 0.397 e. The van der Waals surface area contributed by atoms with Gasteiger partial charge in [0, 0.05) is 25.2 Å². The van der Waals surface area contributed by atoms with E-state index in [1.807, 2.05) is 18.3 Å². The molecule has 1 aliphatic heterocycles. The lowest BCUT2D eigenvalue weighted by atomic mass is 10.0. The zero-order chi connectivity index (χ0) is 10.4. The van der Waals surface area contributed by atoms with Gasteiger partial charge in [-0.2, -0.15) is 0 Å². The van der Waals surface area contributed by atoms with E-state index in [1.165, 1.54) is 0 Å². The van der Waals surface area contributed by atoms with Gasteiger partial charge in [-0.25, -0.2) is 4.98 Å². The lowest BCUT2D eigenvalue weighted by Crippen LogP contribution is -2.40. The second kappa shape index (κ2) is 3.21. The summed E-state index contributed by atoms with van der Waals surface area (Å²) in [5, 5.41) is 3.25. The molecule has 0 saturated carbocycles. The molecular weight excluding hydrogens is 256 g/mol. The van der Waals surface area contributed by atoms with E-state index in [-0.39, 0.29) is 0 Å². The minimum absolute atomic E-state index is 0.505. The van der Waals surface area contributed by atoms with E-state index in [0.717, 1.165) is 34.7 Å². The van der Waals surface area contributed by atoms with Crippen molar-refractivity contribution in [3.8, 4) is 0 Å². The number of anilines is 1. The Bertz CT molecular complexity index is 515. The third kappa shape index (κ3) is 1.27. The molecule has 0 unspecified atom stereocenters. The van der Waals surface area contributed by atoms with Crippen molar-refractivity contribution in [3.05, 3.63) is 28.8 Å². The zero-order valence-electron chi connectivity index (χ0n) is 8.07. The first kappa shape index (κ1) is 9.18. The first-order valence-corrected chi connectivity index (χ1v) is 5.69. The van der Waals surface area contributed by atoms with E-state index in [4.69, 9.17) is 5.73 Å². The summed E-state index contributed by atoms with van der Waals surface area (Å²) in [6.07, 6.45) is 2.01. The number of nitrogen functional groups attached to an aromatic ring is 1. The average Bonchev–Trinajstić information content (AvgIpc) is 2.43. The number of hydrogen-bond donors (Lipinski definition) is 2. The summed E-state index contributed by atoms with van der Waals surface area (Å²) in [5.41, 5.74) is 7.65. The third-order valence-electron chi connectivity index (χ3n) is 2.83. The zero-order valence-corrected chi connectivity index (χ0v) is 9.66. The van der Waals surface area contributed by atoms with Crippen molar-refractivity contribution in [2.45, 2.75) is 5.92 Å². The van der Waals surface area contributed by atoms with Gasteiger partial charge in [-0.15, -0.1) is 0 Å². The second-order valence-corrected chi connectivity index (χ2v) is 4.55. The molecule has 4 nitrogen and oxygen atoms in total. The van der Waals surface area contributed by atoms with Gasteiger partial charge < -0.3 is 15.5 Å². The van der Waals surface area contributed by atoms with Gasteiger partial charge >= 0.3 is 0 Å². The Morgan fingerprint density at radius 1 is 1.53 bits per heavy atom. The number of nitrogens with zero attached hydrogens (tertiary/aromatic N) is 2. The molecule has 15 heavy (non-hydrogen) atoms. The Kier molecular flexibility index (Phi) is 1.97. The standard InChI is InChI=1S/C10H11BrN4/c11-9-8-7(12)2-1-3-15(8)10(14-9)6-4-13-5-6/h1-3,6,13H,4-5,12H2. The van der Waals surface area contributed by atoms with Crippen LogP contribution in [0.1, 0.15) is 11.7 Å². The van der Waals surface area contributed by atoms with Crippen LogP contribution in [0.4, 0.5) is 5.69 Å². The van der Waals surface area contributed by atoms with Crippen LogP contribution in [0, 0.1) is 0 Å². The minimum Gasteiger partial charge on any atom is -0.397 e. The maximum atomic E-state index is 5.92. The molecule has 3 rings (SSSR count). The lowest BCUT2D eigenvalue weighted by molar-refractivity contribution is 0.429. The second-order valence-electron chi connectivity index (χ2n) is 3.80. The highest BCUT2D eigenvalue weighted by Gasteiger charge is 2.25. The Morgan fingerprint density at radius 2 is 2.33 bits per heavy atom. The molecule has 2 aromatic heterocycles. The van der Waals surface area contributed by atoms with Crippen molar-refractivity contribution in [3.63, 3.8) is 0 Å². The van der Waals surface area contributed by atoms with E-state index >= 15 is 0 Å². The fourth-order valence-electron chi connectivity index (χ4n) is 1.90. The molecule has 1 fully saturated rings. The summed E-state index contributed by atoms with van der Waals surface area (Å²) in [4.78, 5) is 4.53. The van der Waals surface area contributed by atoms with Crippen molar-refractivity contribution >= 4 is 27.1 Å². The Balaban J connectivity index is 2.27. The van der Waals surface area contributed by atoms with Gasteiger partial charge in [0.05, 0.1) is 5.69 Å². The van der Waals surface area contributed by atoms with E-state index in [2.05, 4.69) is 30.6 Å². The molecule has 3 heterocycles. The molecule has 0 atom stereocenters. The Morgan fingerprint density at radius 3 is 3.00 bits per heavy atom. The SMILES string of the molecule is Nc1cccn2c(C3CNC3)nc(Br)c12. The highest BCUT2D eigenvalue weighted by Crippen LogP contribution is 2.28. The van der Waals surface area contributed by atoms with Gasteiger partial charge in [-0.05, 0) is 28.1 Å². The summed E-state index contributed by atoms with van der Waals surface area (Å²) in [7, 11) is 0. The van der Waals surface area contributed by atoms with E-state index < -0.39 is 0 Å². The molecule has 0 bridgehead atoms. The summed E-state index contributed by atoms with van der Waals surface area (Å²) >= 11 is 3.46. The van der Waals surface area contributed by atoms with Crippen LogP contribution >= 0.6 is 15.9 Å². The van der Waals surface area contributed by atoms with Crippen LogP contribution in [0.3, 0.4) is 0 Å². The van der Waals surface area contributed by atoms with Gasteiger partial charge in [0.2, 0.25) is 0 Å². The lowest BCUT2D eigenvalue weighted by Gasteiger charge is -2.25. The van der Waals surface area contributed by atoms with Crippen molar-refractivity contribution < 1.29 is 0 Å². The van der Waals surface area contributed by atoms with Crippen molar-refractivity contribution in [1.29, 1.82) is 0 Å². The predicted octanol–water partition coefficient (Wildman–Crippen LogP) is 1.37. The van der Waals surface area contributed by atoms with Crippen molar-refractivity contribution in [2.24, 2.45) is 0 Å². The van der Waals surface area contributed by atoms with Crippen LogP contribution in [0.15, 0.2) is 22.9 Å². The maximum Gasteiger partial charge on any atom is 0.134 e. The number of pyridine rings is 1. The molecule has 0 spiro atoms. The van der Waals surface area contributed by atoms with Gasteiger partial charge in [0.15, 0.2) is 0 Å². The fraction of sp³-hybridized carbons (Fsp3) is 0.300. The highest BCUT2D eigenvalue weighted by atomic mass is 79.9. The number of hydrogen-bond acceptors (Lipinski definition) is 3. The van der Waals surface area contributed by atoms with E-state index in [9.17, 15) is 0 Å². The topological polar surface area (TPSA) is 55.4 Å². The summed E-state index contributed by atoms with van der Waals surface area (Å²) < 4.78 is 2.91. The van der Waals surface area contributed by atoms with Crippen LogP contribution < -0.4 is 11.1 Å². The Hall–Kier alpha value is -1.07. The molecular formula is C10H11BrN4. The van der Waals surface area contributed by atoms with Gasteiger partial charge in [0.25, 0.3) is 0 Å². The first-order chi connectivity index (χ1) is 7.27. The molecule has 5 heteroatoms. The molecule has 0 aliphatic carbocycles. The van der Waals surface area contributed by atoms with Crippen molar-refractivity contribution in [2.75, 3.05) is 18.8 Å². The molecule has 1 aliphatic rings. The molecule has 2 aromatic rings. The summed E-state index contributed by atoms with van der Waals surface area (Å²) in [5.74, 6) is 1.59. The molecule has 0 radical (unpaired) electrons. The minimum atomic E-state index is 0.505. The number of imidazole rings is 1. The van der Waals surface area contributed by atoms with Gasteiger partial charge in [-0.1, -0.05) is 0 Å². The van der Waals surface area contributed by atoms with Gasteiger partial charge in [-0.3, -0.25) is 0 Å². The van der Waals surface area contributed by atoms with E-state index in [1.54, 1.807) is 0 Å². The molecule has 1 saturated heterocycles. The number of nitrogens with two attached hydrogens (primary N) is 1. The maximum absolute atomic E-state index is 5.92. The molecule has 0 aromatic carbocycles. The average molecular weight is 267 g/mol. The van der Waals surface area contributed by atoms with Crippen molar-refractivity contribution in [1.82, 2.24) is 14.7 Å². The van der Waals surface area contributed by atoms with Crippen LogP contribution in [-0.2, 0) is 0 Å². The quantitative estimate of drug-likeness (QED) is 0.820. The van der Waals surface area contributed by atoms with Crippen LogP contribution in [0.5, 0.6) is 0 Å².